The van der Waals surface area contributed by atoms with E-state index in [0.717, 1.165) is 5.57 Å². The lowest BCUT2D eigenvalue weighted by atomic mass is 10.0. The molecule has 0 saturated carbocycles. The lowest BCUT2D eigenvalue weighted by Crippen LogP contribution is -2.24. The predicted molar refractivity (Wildman–Crippen MR) is 53.9 cm³/mol. The van der Waals surface area contributed by atoms with Crippen molar-refractivity contribution in [1.29, 1.82) is 0 Å². The molecule has 12 heavy (non-hydrogen) atoms. The summed E-state index contributed by atoms with van der Waals surface area (Å²) in [4.78, 5) is 0. The van der Waals surface area contributed by atoms with Gasteiger partial charge in [0, 0.05) is 6.04 Å². The Morgan fingerprint density at radius 1 is 1.75 bits per heavy atom. The van der Waals surface area contributed by atoms with E-state index in [1.807, 2.05) is 6.92 Å². The molecule has 1 heteroatoms. The molecular weight excluding hydrogens is 146 g/mol. The molecule has 0 aromatic rings. The zero-order valence-electron chi connectivity index (χ0n) is 7.93. The minimum atomic E-state index is 0.631. The van der Waals surface area contributed by atoms with Gasteiger partial charge in [-0.1, -0.05) is 24.3 Å². The zero-order chi connectivity index (χ0) is 8.97. The van der Waals surface area contributed by atoms with Gasteiger partial charge in [-0.3, -0.25) is 0 Å². The number of hydrogen-bond donors (Lipinski definition) is 1. The Bertz CT molecular complexity index is 223. The van der Waals surface area contributed by atoms with Gasteiger partial charge in [0.25, 0.3) is 0 Å². The van der Waals surface area contributed by atoms with E-state index >= 15 is 0 Å². The summed E-state index contributed by atoms with van der Waals surface area (Å²) in [6.07, 6.45) is 8.71. The summed E-state index contributed by atoms with van der Waals surface area (Å²) in [5.74, 6) is 0. The summed E-state index contributed by atoms with van der Waals surface area (Å²) in [5, 5.41) is 3.31. The number of allylic oxidation sites excluding steroid dienone is 4. The van der Waals surface area contributed by atoms with E-state index < -0.39 is 0 Å². The molecule has 66 valence electrons. The lowest BCUT2D eigenvalue weighted by molar-refractivity contribution is 0.559. The van der Waals surface area contributed by atoms with Crippen LogP contribution in [0.2, 0.25) is 0 Å². The zero-order valence-corrected chi connectivity index (χ0v) is 7.93. The van der Waals surface area contributed by atoms with Crippen LogP contribution in [-0.4, -0.2) is 6.04 Å². The molecule has 1 N–H and O–H groups in total. The normalized spacial score (nSPS) is 23.5. The number of nitrogens with one attached hydrogen (secondary N) is 1. The maximum absolute atomic E-state index is 3.82. The standard InChI is InChI=1S/C11H17N/c1-9(2)4-6-11-7-5-10(3)12-8-11/h4,6,8,10,12H,1,5,7H2,2-3H3/b6-4-. The molecule has 0 aromatic carbocycles. The van der Waals surface area contributed by atoms with Gasteiger partial charge >= 0.3 is 0 Å². The van der Waals surface area contributed by atoms with Gasteiger partial charge in [0.05, 0.1) is 0 Å². The molecule has 1 aliphatic heterocycles. The van der Waals surface area contributed by atoms with Crippen LogP contribution in [0, 0.1) is 0 Å². The van der Waals surface area contributed by atoms with Crippen LogP contribution in [0.15, 0.2) is 36.1 Å². The molecule has 1 rings (SSSR count). The van der Waals surface area contributed by atoms with Gasteiger partial charge in [-0.25, -0.2) is 0 Å². The van der Waals surface area contributed by atoms with Crippen LogP contribution >= 0.6 is 0 Å². The molecule has 0 radical (unpaired) electrons. The Kier molecular flexibility index (Phi) is 3.15. The lowest BCUT2D eigenvalue weighted by Gasteiger charge is -2.18. The smallest absolute Gasteiger partial charge is 0.0230 e. The minimum absolute atomic E-state index is 0.631. The van der Waals surface area contributed by atoms with Crippen molar-refractivity contribution >= 4 is 0 Å². The molecule has 0 saturated heterocycles. The van der Waals surface area contributed by atoms with Gasteiger partial charge in [-0.2, -0.15) is 0 Å². The fourth-order valence-corrected chi connectivity index (χ4v) is 1.17. The van der Waals surface area contributed by atoms with Crippen molar-refractivity contribution in [3.05, 3.63) is 36.1 Å². The van der Waals surface area contributed by atoms with Gasteiger partial charge in [0.15, 0.2) is 0 Å². The van der Waals surface area contributed by atoms with E-state index in [9.17, 15) is 0 Å². The van der Waals surface area contributed by atoms with Gasteiger partial charge in [0.2, 0.25) is 0 Å². The predicted octanol–water partition coefficient (Wildman–Crippen LogP) is 2.77. The van der Waals surface area contributed by atoms with Crippen molar-refractivity contribution in [2.45, 2.75) is 32.7 Å². The SMILES string of the molecule is C=C(C)/C=C\C1=CNC(C)CC1. The molecule has 0 fully saturated rings. The van der Waals surface area contributed by atoms with E-state index in [2.05, 4.69) is 37.2 Å². The van der Waals surface area contributed by atoms with Crippen molar-refractivity contribution < 1.29 is 0 Å². The fraction of sp³-hybridized carbons (Fsp3) is 0.455. The quantitative estimate of drug-likeness (QED) is 0.617. The highest BCUT2D eigenvalue weighted by molar-refractivity contribution is 5.26. The Morgan fingerprint density at radius 2 is 2.50 bits per heavy atom. The minimum Gasteiger partial charge on any atom is -0.388 e. The summed E-state index contributed by atoms with van der Waals surface area (Å²) in [6, 6.07) is 0.631. The van der Waals surface area contributed by atoms with E-state index in [1.54, 1.807) is 0 Å². The fourth-order valence-electron chi connectivity index (χ4n) is 1.17. The first-order chi connectivity index (χ1) is 5.68. The van der Waals surface area contributed by atoms with Crippen LogP contribution in [0.5, 0.6) is 0 Å². The molecule has 1 atom stereocenters. The molecule has 1 heterocycles. The average Bonchev–Trinajstić information content (AvgIpc) is 2.03. The first-order valence-corrected chi connectivity index (χ1v) is 4.47. The summed E-state index contributed by atoms with van der Waals surface area (Å²) in [7, 11) is 0. The van der Waals surface area contributed by atoms with Crippen LogP contribution in [0.3, 0.4) is 0 Å². The molecule has 1 unspecified atom stereocenters. The Balaban J connectivity index is 2.49. The summed E-state index contributed by atoms with van der Waals surface area (Å²) < 4.78 is 0. The van der Waals surface area contributed by atoms with Crippen LogP contribution in [-0.2, 0) is 0 Å². The molecule has 0 bridgehead atoms. The highest BCUT2D eigenvalue weighted by Gasteiger charge is 2.05. The van der Waals surface area contributed by atoms with Crippen LogP contribution in [0.25, 0.3) is 0 Å². The van der Waals surface area contributed by atoms with Crippen LogP contribution in [0.1, 0.15) is 26.7 Å². The molecule has 0 amide bonds. The van der Waals surface area contributed by atoms with Gasteiger partial charge < -0.3 is 5.32 Å². The highest BCUT2D eigenvalue weighted by atomic mass is 14.9. The molecule has 0 aliphatic carbocycles. The highest BCUT2D eigenvalue weighted by Crippen LogP contribution is 2.13. The number of hydrogen-bond acceptors (Lipinski definition) is 1. The summed E-state index contributed by atoms with van der Waals surface area (Å²) in [6.45, 7) is 8.03. The van der Waals surface area contributed by atoms with E-state index in [4.69, 9.17) is 0 Å². The Labute approximate surface area is 74.9 Å². The second kappa shape index (κ2) is 4.15. The average molecular weight is 163 g/mol. The topological polar surface area (TPSA) is 12.0 Å². The van der Waals surface area contributed by atoms with Crippen LogP contribution in [0.4, 0.5) is 0 Å². The molecule has 1 aliphatic rings. The monoisotopic (exact) mass is 163 g/mol. The van der Waals surface area contributed by atoms with Gasteiger partial charge in [-0.05, 0) is 38.5 Å². The van der Waals surface area contributed by atoms with Crippen LogP contribution < -0.4 is 5.32 Å². The third-order valence-corrected chi connectivity index (χ3v) is 2.00. The molecule has 0 spiro atoms. The van der Waals surface area contributed by atoms with Gasteiger partial charge in [-0.15, -0.1) is 0 Å². The first-order valence-electron chi connectivity index (χ1n) is 4.47. The summed E-state index contributed by atoms with van der Waals surface area (Å²) in [5.41, 5.74) is 2.48. The number of rotatable bonds is 2. The van der Waals surface area contributed by atoms with E-state index in [1.165, 1.54) is 18.4 Å². The Hall–Kier alpha value is -0.980. The second-order valence-corrected chi connectivity index (χ2v) is 3.51. The van der Waals surface area contributed by atoms with Crippen molar-refractivity contribution in [2.75, 3.05) is 0 Å². The summed E-state index contributed by atoms with van der Waals surface area (Å²) >= 11 is 0. The van der Waals surface area contributed by atoms with Crippen molar-refractivity contribution in [1.82, 2.24) is 5.32 Å². The van der Waals surface area contributed by atoms with E-state index in [-0.39, 0.29) is 0 Å². The van der Waals surface area contributed by atoms with Crippen molar-refractivity contribution in [2.24, 2.45) is 0 Å². The first kappa shape index (κ1) is 9.11. The maximum atomic E-state index is 3.82. The molecule has 1 nitrogen and oxygen atoms in total. The third-order valence-electron chi connectivity index (χ3n) is 2.00. The van der Waals surface area contributed by atoms with Crippen molar-refractivity contribution in [3.8, 4) is 0 Å². The maximum Gasteiger partial charge on any atom is 0.0230 e. The van der Waals surface area contributed by atoms with Gasteiger partial charge in [0.1, 0.15) is 0 Å². The molecule has 0 aromatic heterocycles. The third kappa shape index (κ3) is 2.95. The largest absolute Gasteiger partial charge is 0.388 e. The Morgan fingerprint density at radius 3 is 3.00 bits per heavy atom. The second-order valence-electron chi connectivity index (χ2n) is 3.51. The van der Waals surface area contributed by atoms with Crippen molar-refractivity contribution in [3.63, 3.8) is 0 Å². The molecular formula is C11H17N. The van der Waals surface area contributed by atoms with E-state index in [0.29, 0.717) is 6.04 Å².